The van der Waals surface area contributed by atoms with E-state index < -0.39 is 23.8 Å². The first-order valence-corrected chi connectivity index (χ1v) is 6.62. The van der Waals surface area contributed by atoms with Crippen molar-refractivity contribution in [1.29, 1.82) is 0 Å². The molecule has 0 aliphatic heterocycles. The molecule has 0 saturated carbocycles. The van der Waals surface area contributed by atoms with E-state index in [2.05, 4.69) is 10.5 Å². The maximum Gasteiger partial charge on any atom is 0.308 e. The summed E-state index contributed by atoms with van der Waals surface area (Å²) in [5.41, 5.74) is 0.692. The monoisotopic (exact) mass is 304 g/mol. The number of carboxylic acids is 1. The lowest BCUT2D eigenvalue weighted by molar-refractivity contribution is -0.142. The Balaban J connectivity index is 2.22. The quantitative estimate of drug-likeness (QED) is 0.844. The van der Waals surface area contributed by atoms with Crippen LogP contribution in [0.3, 0.4) is 0 Å². The van der Waals surface area contributed by atoms with Crippen LogP contribution in [-0.4, -0.2) is 29.2 Å². The molecule has 1 heterocycles. The van der Waals surface area contributed by atoms with Gasteiger partial charge in [0.15, 0.2) is 0 Å². The van der Waals surface area contributed by atoms with Crippen LogP contribution < -0.4 is 10.1 Å². The van der Waals surface area contributed by atoms with E-state index >= 15 is 0 Å². The highest BCUT2D eigenvalue weighted by molar-refractivity contribution is 5.92. The van der Waals surface area contributed by atoms with Crippen LogP contribution in [0.25, 0.3) is 0 Å². The molecule has 1 amide bonds. The van der Waals surface area contributed by atoms with Crippen molar-refractivity contribution < 1.29 is 24.0 Å². The van der Waals surface area contributed by atoms with Crippen LogP contribution in [-0.2, 0) is 4.79 Å². The van der Waals surface area contributed by atoms with Crippen LogP contribution in [0.15, 0.2) is 40.9 Å². The number of carboxylic acid groups (broad SMARTS) is 1. The molecule has 0 bridgehead atoms. The molecule has 0 aliphatic rings. The van der Waals surface area contributed by atoms with Gasteiger partial charge in [0.2, 0.25) is 5.76 Å². The minimum atomic E-state index is -1.01. The van der Waals surface area contributed by atoms with Gasteiger partial charge in [-0.1, -0.05) is 30.3 Å². The van der Waals surface area contributed by atoms with E-state index in [-0.39, 0.29) is 11.6 Å². The number of nitrogens with zero attached hydrogens (tertiary/aromatic N) is 1. The molecule has 0 radical (unpaired) electrons. The molecule has 2 atom stereocenters. The fraction of sp³-hybridized carbons (Fsp3) is 0.267. The van der Waals surface area contributed by atoms with Crippen molar-refractivity contribution in [3.63, 3.8) is 0 Å². The first-order valence-electron chi connectivity index (χ1n) is 6.62. The van der Waals surface area contributed by atoms with E-state index in [1.54, 1.807) is 24.3 Å². The summed E-state index contributed by atoms with van der Waals surface area (Å²) < 4.78 is 9.70. The molecule has 2 unspecified atom stereocenters. The minimum Gasteiger partial charge on any atom is -0.481 e. The summed E-state index contributed by atoms with van der Waals surface area (Å²) in [6, 6.07) is 9.53. The number of aliphatic carboxylic acids is 1. The molecular weight excluding hydrogens is 288 g/mol. The fourth-order valence-corrected chi connectivity index (χ4v) is 1.97. The Morgan fingerprint density at radius 1 is 1.32 bits per heavy atom. The minimum absolute atomic E-state index is 0.0460. The third kappa shape index (κ3) is 3.43. The summed E-state index contributed by atoms with van der Waals surface area (Å²) in [6.07, 6.45) is 0. The molecular formula is C15H16N2O5. The van der Waals surface area contributed by atoms with Gasteiger partial charge in [0.05, 0.1) is 25.1 Å². The highest BCUT2D eigenvalue weighted by Crippen LogP contribution is 2.23. The predicted molar refractivity (Wildman–Crippen MR) is 76.5 cm³/mol. The standard InChI is InChI=1S/C15H16N2O5/c1-9(15(19)20)13(10-6-4-3-5-7-10)16-14(18)11-8-12(21-2)17-22-11/h3-9,13H,1-2H3,(H,16,18)(H,19,20). The van der Waals surface area contributed by atoms with Crippen LogP contribution in [0, 0.1) is 5.92 Å². The van der Waals surface area contributed by atoms with Crippen molar-refractivity contribution in [3.8, 4) is 5.88 Å². The number of hydrogen-bond acceptors (Lipinski definition) is 5. The van der Waals surface area contributed by atoms with Crippen molar-refractivity contribution >= 4 is 11.9 Å². The zero-order chi connectivity index (χ0) is 16.1. The topological polar surface area (TPSA) is 102 Å². The lowest BCUT2D eigenvalue weighted by atomic mass is 9.94. The molecule has 2 aromatic rings. The maximum absolute atomic E-state index is 12.2. The second-order valence-corrected chi connectivity index (χ2v) is 4.72. The van der Waals surface area contributed by atoms with Crippen molar-refractivity contribution in [2.24, 2.45) is 5.92 Å². The second kappa shape index (κ2) is 6.75. The molecule has 116 valence electrons. The maximum atomic E-state index is 12.2. The van der Waals surface area contributed by atoms with Crippen LogP contribution in [0.1, 0.15) is 29.1 Å². The third-order valence-corrected chi connectivity index (χ3v) is 3.26. The van der Waals surface area contributed by atoms with Gasteiger partial charge in [-0.05, 0) is 17.6 Å². The van der Waals surface area contributed by atoms with Crippen molar-refractivity contribution in [1.82, 2.24) is 10.5 Å². The smallest absolute Gasteiger partial charge is 0.308 e. The van der Waals surface area contributed by atoms with E-state index in [1.165, 1.54) is 20.1 Å². The van der Waals surface area contributed by atoms with Crippen LogP contribution in [0.4, 0.5) is 0 Å². The van der Waals surface area contributed by atoms with E-state index in [9.17, 15) is 14.7 Å². The van der Waals surface area contributed by atoms with Crippen molar-refractivity contribution in [2.45, 2.75) is 13.0 Å². The molecule has 2 rings (SSSR count). The van der Waals surface area contributed by atoms with E-state index in [0.29, 0.717) is 5.56 Å². The van der Waals surface area contributed by atoms with E-state index in [0.717, 1.165) is 0 Å². The SMILES string of the molecule is COc1cc(C(=O)NC(c2ccccc2)C(C)C(=O)O)on1. The van der Waals surface area contributed by atoms with Gasteiger partial charge in [-0.3, -0.25) is 9.59 Å². The van der Waals surface area contributed by atoms with Crippen molar-refractivity contribution in [3.05, 3.63) is 47.7 Å². The molecule has 2 N–H and O–H groups in total. The molecule has 7 nitrogen and oxygen atoms in total. The molecule has 1 aromatic carbocycles. The second-order valence-electron chi connectivity index (χ2n) is 4.72. The highest BCUT2D eigenvalue weighted by Gasteiger charge is 2.28. The predicted octanol–water partition coefficient (Wildman–Crippen LogP) is 1.88. The number of hydrogen-bond donors (Lipinski definition) is 2. The molecule has 0 aliphatic carbocycles. The highest BCUT2D eigenvalue weighted by atomic mass is 16.5. The lowest BCUT2D eigenvalue weighted by Crippen LogP contribution is -2.35. The van der Waals surface area contributed by atoms with Crippen LogP contribution >= 0.6 is 0 Å². The molecule has 1 aromatic heterocycles. The number of aromatic nitrogens is 1. The average molecular weight is 304 g/mol. The van der Waals surface area contributed by atoms with Gasteiger partial charge < -0.3 is 19.7 Å². The Morgan fingerprint density at radius 3 is 2.55 bits per heavy atom. The molecule has 0 saturated heterocycles. The number of rotatable bonds is 6. The summed E-state index contributed by atoms with van der Waals surface area (Å²) in [7, 11) is 1.40. The van der Waals surface area contributed by atoms with Gasteiger partial charge in [0.25, 0.3) is 11.8 Å². The Bertz CT molecular complexity index is 653. The summed E-state index contributed by atoms with van der Waals surface area (Å²) in [5, 5.41) is 15.4. The first-order chi connectivity index (χ1) is 10.5. The number of nitrogens with one attached hydrogen (secondary N) is 1. The normalized spacial score (nSPS) is 13.2. The summed E-state index contributed by atoms with van der Waals surface area (Å²) in [6.45, 7) is 1.53. The molecule has 0 spiro atoms. The molecule has 0 fully saturated rings. The van der Waals surface area contributed by atoms with Gasteiger partial charge in [0, 0.05) is 0 Å². The van der Waals surface area contributed by atoms with E-state index in [1.807, 2.05) is 6.07 Å². The fourth-order valence-electron chi connectivity index (χ4n) is 1.97. The van der Waals surface area contributed by atoms with Crippen LogP contribution in [0.5, 0.6) is 5.88 Å². The Labute approximate surface area is 126 Å². The van der Waals surface area contributed by atoms with Gasteiger partial charge in [0.1, 0.15) is 0 Å². The number of carbonyl (C=O) groups is 2. The van der Waals surface area contributed by atoms with Crippen molar-refractivity contribution in [2.75, 3.05) is 7.11 Å². The Hall–Kier alpha value is -2.83. The molecule has 22 heavy (non-hydrogen) atoms. The third-order valence-electron chi connectivity index (χ3n) is 3.26. The Morgan fingerprint density at radius 2 is 2.00 bits per heavy atom. The number of amides is 1. The van der Waals surface area contributed by atoms with Gasteiger partial charge in [-0.15, -0.1) is 0 Å². The van der Waals surface area contributed by atoms with Crippen LogP contribution in [0.2, 0.25) is 0 Å². The summed E-state index contributed by atoms with van der Waals surface area (Å²) in [5.74, 6) is -2.25. The average Bonchev–Trinajstić information content (AvgIpc) is 3.01. The zero-order valence-electron chi connectivity index (χ0n) is 12.1. The molecule has 7 heteroatoms. The number of carbonyl (C=O) groups excluding carboxylic acids is 1. The van der Waals surface area contributed by atoms with Gasteiger partial charge >= 0.3 is 5.97 Å². The number of ether oxygens (including phenoxy) is 1. The zero-order valence-corrected chi connectivity index (χ0v) is 12.1. The number of methoxy groups -OCH3 is 1. The lowest BCUT2D eigenvalue weighted by Gasteiger charge is -2.22. The van der Waals surface area contributed by atoms with E-state index in [4.69, 9.17) is 9.26 Å². The summed E-state index contributed by atoms with van der Waals surface area (Å²) in [4.78, 5) is 23.5. The number of benzene rings is 1. The largest absolute Gasteiger partial charge is 0.481 e. The van der Waals surface area contributed by atoms with Gasteiger partial charge in [-0.2, -0.15) is 0 Å². The first kappa shape index (κ1) is 15.6. The van der Waals surface area contributed by atoms with Gasteiger partial charge in [-0.25, -0.2) is 0 Å². The Kier molecular flexibility index (Phi) is 4.77. The summed E-state index contributed by atoms with van der Waals surface area (Å²) >= 11 is 0.